The van der Waals surface area contributed by atoms with E-state index in [9.17, 15) is 0 Å². The number of halogens is 1. The Morgan fingerprint density at radius 3 is 2.71 bits per heavy atom. The standard InChI is InChI=1S/C11H8ClN3OS/c1-7(6-13)17-11-15-14-10(16-11)8-2-4-9(12)5-3-8/h2-5,7H,1H3/t7-/m1/s1. The Bertz CT molecular complexity index is 547. The molecule has 0 aliphatic carbocycles. The zero-order chi connectivity index (χ0) is 12.3. The molecule has 0 aliphatic rings. The summed E-state index contributed by atoms with van der Waals surface area (Å²) in [6.45, 7) is 1.77. The molecule has 1 aromatic carbocycles. The fourth-order valence-corrected chi connectivity index (χ4v) is 1.84. The third-order valence-corrected chi connectivity index (χ3v) is 3.03. The van der Waals surface area contributed by atoms with Gasteiger partial charge in [0.1, 0.15) is 0 Å². The van der Waals surface area contributed by atoms with Crippen molar-refractivity contribution in [1.29, 1.82) is 5.26 Å². The SMILES string of the molecule is C[C@H](C#N)Sc1nnc(-c2ccc(Cl)cc2)o1. The molecule has 0 saturated heterocycles. The predicted octanol–water partition coefficient (Wildman–Crippen LogP) is 3.39. The molecule has 17 heavy (non-hydrogen) atoms. The molecule has 86 valence electrons. The molecular formula is C11H8ClN3OS. The second kappa shape index (κ2) is 5.21. The monoisotopic (exact) mass is 265 g/mol. The van der Waals surface area contributed by atoms with Gasteiger partial charge in [-0.05, 0) is 43.0 Å². The molecule has 0 amide bonds. The first-order valence-corrected chi connectivity index (χ1v) is 6.10. The highest BCUT2D eigenvalue weighted by Crippen LogP contribution is 2.26. The number of nitrogens with zero attached hydrogens (tertiary/aromatic N) is 3. The van der Waals surface area contributed by atoms with Crippen molar-refractivity contribution in [3.05, 3.63) is 29.3 Å². The maximum atomic E-state index is 8.68. The predicted molar refractivity (Wildman–Crippen MR) is 65.7 cm³/mol. The van der Waals surface area contributed by atoms with E-state index >= 15 is 0 Å². The van der Waals surface area contributed by atoms with E-state index in [-0.39, 0.29) is 5.25 Å². The minimum Gasteiger partial charge on any atom is -0.411 e. The van der Waals surface area contributed by atoms with Gasteiger partial charge in [-0.15, -0.1) is 10.2 Å². The van der Waals surface area contributed by atoms with Gasteiger partial charge in [0.05, 0.1) is 11.3 Å². The lowest BCUT2D eigenvalue weighted by atomic mass is 10.2. The summed E-state index contributed by atoms with van der Waals surface area (Å²) < 4.78 is 5.43. The average molecular weight is 266 g/mol. The Kier molecular flexibility index (Phi) is 3.67. The maximum absolute atomic E-state index is 8.68. The van der Waals surface area contributed by atoms with Crippen molar-refractivity contribution in [3.63, 3.8) is 0 Å². The average Bonchev–Trinajstić information content (AvgIpc) is 2.78. The summed E-state index contributed by atoms with van der Waals surface area (Å²) >= 11 is 7.02. The van der Waals surface area contributed by atoms with Gasteiger partial charge in [-0.3, -0.25) is 0 Å². The summed E-state index contributed by atoms with van der Waals surface area (Å²) in [5.41, 5.74) is 0.804. The van der Waals surface area contributed by atoms with Gasteiger partial charge >= 0.3 is 0 Å². The molecule has 4 nitrogen and oxygen atoms in total. The van der Waals surface area contributed by atoms with E-state index in [1.807, 2.05) is 0 Å². The normalized spacial score (nSPS) is 12.1. The minimum absolute atomic E-state index is 0.214. The second-order valence-corrected chi connectivity index (χ2v) is 5.00. The van der Waals surface area contributed by atoms with Gasteiger partial charge in [-0.25, -0.2) is 0 Å². The van der Waals surface area contributed by atoms with Crippen molar-refractivity contribution in [3.8, 4) is 17.5 Å². The second-order valence-electron chi connectivity index (χ2n) is 3.27. The van der Waals surface area contributed by atoms with Crippen LogP contribution in [-0.2, 0) is 0 Å². The van der Waals surface area contributed by atoms with Crippen LogP contribution in [0.3, 0.4) is 0 Å². The zero-order valence-electron chi connectivity index (χ0n) is 8.92. The molecule has 1 heterocycles. The van der Waals surface area contributed by atoms with Crippen molar-refractivity contribution in [2.45, 2.75) is 17.4 Å². The van der Waals surface area contributed by atoms with Crippen LogP contribution in [0.15, 0.2) is 33.9 Å². The fourth-order valence-electron chi connectivity index (χ4n) is 1.14. The van der Waals surface area contributed by atoms with Crippen LogP contribution in [0.5, 0.6) is 0 Å². The number of thioether (sulfide) groups is 1. The minimum atomic E-state index is -0.214. The van der Waals surface area contributed by atoms with Crippen LogP contribution in [0.1, 0.15) is 6.92 Å². The molecule has 0 N–H and O–H groups in total. The van der Waals surface area contributed by atoms with Crippen molar-refractivity contribution < 1.29 is 4.42 Å². The first-order valence-electron chi connectivity index (χ1n) is 4.85. The number of benzene rings is 1. The Hall–Kier alpha value is -1.51. The summed E-state index contributed by atoms with van der Waals surface area (Å²) in [4.78, 5) is 0. The van der Waals surface area contributed by atoms with Gasteiger partial charge in [-0.2, -0.15) is 5.26 Å². The van der Waals surface area contributed by atoms with E-state index in [0.29, 0.717) is 16.1 Å². The Balaban J connectivity index is 2.18. The molecule has 0 aliphatic heterocycles. The van der Waals surface area contributed by atoms with Crippen LogP contribution in [0, 0.1) is 11.3 Å². The highest BCUT2D eigenvalue weighted by molar-refractivity contribution is 7.99. The first-order chi connectivity index (χ1) is 8.19. The van der Waals surface area contributed by atoms with Gasteiger partial charge in [0.2, 0.25) is 5.89 Å². The van der Waals surface area contributed by atoms with Gasteiger partial charge in [0, 0.05) is 10.6 Å². The molecule has 0 saturated carbocycles. The lowest BCUT2D eigenvalue weighted by Gasteiger charge is -1.95. The summed E-state index contributed by atoms with van der Waals surface area (Å²) in [6, 6.07) is 9.21. The highest BCUT2D eigenvalue weighted by atomic mass is 35.5. The molecule has 2 rings (SSSR count). The van der Waals surface area contributed by atoms with E-state index in [1.165, 1.54) is 11.8 Å². The summed E-state index contributed by atoms with van der Waals surface area (Å²) in [7, 11) is 0. The van der Waals surface area contributed by atoms with E-state index in [0.717, 1.165) is 5.56 Å². The smallest absolute Gasteiger partial charge is 0.278 e. The van der Waals surface area contributed by atoms with Gasteiger partial charge < -0.3 is 4.42 Å². The largest absolute Gasteiger partial charge is 0.411 e. The zero-order valence-corrected chi connectivity index (χ0v) is 10.5. The molecule has 0 fully saturated rings. The molecule has 0 radical (unpaired) electrons. The van der Waals surface area contributed by atoms with Crippen molar-refractivity contribution >= 4 is 23.4 Å². The summed E-state index contributed by atoms with van der Waals surface area (Å²) in [6.07, 6.45) is 0. The lowest BCUT2D eigenvalue weighted by Crippen LogP contribution is -1.88. The number of rotatable bonds is 3. The molecule has 0 unspecified atom stereocenters. The van der Waals surface area contributed by atoms with E-state index in [1.54, 1.807) is 31.2 Å². The molecule has 0 spiro atoms. The molecule has 1 atom stereocenters. The molecule has 2 aromatic rings. The van der Waals surface area contributed by atoms with Crippen LogP contribution >= 0.6 is 23.4 Å². The van der Waals surface area contributed by atoms with Gasteiger partial charge in [0.15, 0.2) is 0 Å². The topological polar surface area (TPSA) is 62.7 Å². The first kappa shape index (κ1) is 12.0. The molecule has 1 aromatic heterocycles. The molecular weight excluding hydrogens is 258 g/mol. The van der Waals surface area contributed by atoms with Crippen molar-refractivity contribution in [2.75, 3.05) is 0 Å². The van der Waals surface area contributed by atoms with Gasteiger partial charge in [-0.1, -0.05) is 11.6 Å². The quantitative estimate of drug-likeness (QED) is 0.796. The fraction of sp³-hybridized carbons (Fsp3) is 0.182. The Morgan fingerprint density at radius 2 is 2.06 bits per heavy atom. The summed E-state index contributed by atoms with van der Waals surface area (Å²) in [5, 5.41) is 17.3. The van der Waals surface area contributed by atoms with Crippen LogP contribution in [-0.4, -0.2) is 15.4 Å². The summed E-state index contributed by atoms with van der Waals surface area (Å²) in [5.74, 6) is 0.425. The van der Waals surface area contributed by atoms with E-state index in [4.69, 9.17) is 21.3 Å². The third kappa shape index (κ3) is 2.99. The van der Waals surface area contributed by atoms with Crippen LogP contribution in [0.2, 0.25) is 5.02 Å². The number of hydrogen-bond acceptors (Lipinski definition) is 5. The number of hydrogen-bond donors (Lipinski definition) is 0. The lowest BCUT2D eigenvalue weighted by molar-refractivity contribution is 0.465. The van der Waals surface area contributed by atoms with Crippen LogP contribution in [0.4, 0.5) is 0 Å². The Morgan fingerprint density at radius 1 is 1.35 bits per heavy atom. The third-order valence-electron chi connectivity index (χ3n) is 1.96. The highest BCUT2D eigenvalue weighted by Gasteiger charge is 2.11. The van der Waals surface area contributed by atoms with Crippen molar-refractivity contribution in [2.24, 2.45) is 0 Å². The van der Waals surface area contributed by atoms with E-state index < -0.39 is 0 Å². The van der Waals surface area contributed by atoms with Gasteiger partial charge in [0.25, 0.3) is 5.22 Å². The van der Waals surface area contributed by atoms with Crippen LogP contribution in [0.25, 0.3) is 11.5 Å². The van der Waals surface area contributed by atoms with Crippen LogP contribution < -0.4 is 0 Å². The van der Waals surface area contributed by atoms with E-state index in [2.05, 4.69) is 16.3 Å². The molecule has 6 heteroatoms. The maximum Gasteiger partial charge on any atom is 0.278 e. The van der Waals surface area contributed by atoms with Crippen molar-refractivity contribution in [1.82, 2.24) is 10.2 Å². The number of nitriles is 1. The Labute approximate surface area is 108 Å². The number of aromatic nitrogens is 2. The molecule has 0 bridgehead atoms.